The van der Waals surface area contributed by atoms with Crippen molar-refractivity contribution in [2.45, 2.75) is 25.9 Å². The van der Waals surface area contributed by atoms with Crippen molar-refractivity contribution >= 4 is 41.5 Å². The Labute approximate surface area is 191 Å². The molecule has 1 aliphatic heterocycles. The van der Waals surface area contributed by atoms with Crippen LogP contribution < -0.4 is 15.4 Å². The topological polar surface area (TPSA) is 58.1 Å². The second-order valence-electron chi connectivity index (χ2n) is 6.99. The third-order valence-corrected chi connectivity index (χ3v) is 5.06. The minimum absolute atomic E-state index is 0. The van der Waals surface area contributed by atoms with Gasteiger partial charge in [0.2, 0.25) is 0 Å². The molecule has 0 bridgehead atoms. The molecule has 1 atom stereocenters. The molecule has 1 fully saturated rings. The average Bonchev–Trinajstić information content (AvgIpc) is 2.69. The fourth-order valence-corrected chi connectivity index (χ4v) is 3.25. The van der Waals surface area contributed by atoms with Crippen LogP contribution in [-0.4, -0.2) is 70.5 Å². The van der Waals surface area contributed by atoms with Crippen LogP contribution in [0.3, 0.4) is 0 Å². The van der Waals surface area contributed by atoms with Crippen LogP contribution in [0.15, 0.2) is 29.3 Å². The van der Waals surface area contributed by atoms with Gasteiger partial charge in [0.1, 0.15) is 11.9 Å². The fraction of sp³-hybridized carbons (Fsp3) is 0.650. The summed E-state index contributed by atoms with van der Waals surface area (Å²) >= 11 is 5.90. The van der Waals surface area contributed by atoms with Gasteiger partial charge in [-0.05, 0) is 63.0 Å². The largest absolute Gasteiger partial charge is 0.489 e. The first-order valence-corrected chi connectivity index (χ1v) is 10.1. The highest BCUT2D eigenvalue weighted by molar-refractivity contribution is 14.0. The summed E-state index contributed by atoms with van der Waals surface area (Å²) in [4.78, 5) is 6.79. The molecule has 0 aromatic heterocycles. The zero-order chi connectivity index (χ0) is 19.5. The molecule has 0 radical (unpaired) electrons. The van der Waals surface area contributed by atoms with Gasteiger partial charge in [-0.2, -0.15) is 0 Å². The number of aliphatic imine (C=N–C) groups is 1. The molecule has 1 aromatic rings. The van der Waals surface area contributed by atoms with Gasteiger partial charge in [-0.1, -0.05) is 11.6 Å². The van der Waals surface area contributed by atoms with Crippen molar-refractivity contribution in [2.24, 2.45) is 10.9 Å². The highest BCUT2D eigenvalue weighted by atomic mass is 127. The molecule has 1 saturated heterocycles. The molecule has 1 heterocycles. The van der Waals surface area contributed by atoms with Gasteiger partial charge in [0.05, 0.1) is 13.2 Å². The van der Waals surface area contributed by atoms with Crippen LogP contribution in [0, 0.1) is 5.92 Å². The first-order chi connectivity index (χ1) is 13.1. The van der Waals surface area contributed by atoms with Crippen molar-refractivity contribution < 1.29 is 9.47 Å². The normalized spacial score (nSPS) is 16.9. The Balaban J connectivity index is 0.00000392. The van der Waals surface area contributed by atoms with Gasteiger partial charge in [0.15, 0.2) is 5.96 Å². The van der Waals surface area contributed by atoms with Crippen molar-refractivity contribution in [1.82, 2.24) is 15.5 Å². The lowest BCUT2D eigenvalue weighted by Gasteiger charge is -2.32. The van der Waals surface area contributed by atoms with Gasteiger partial charge in [-0.3, -0.25) is 4.99 Å². The molecule has 160 valence electrons. The molecule has 0 amide bonds. The number of ether oxygens (including phenoxy) is 2. The van der Waals surface area contributed by atoms with E-state index in [1.165, 1.54) is 12.8 Å². The maximum Gasteiger partial charge on any atom is 0.191 e. The minimum Gasteiger partial charge on any atom is -0.489 e. The van der Waals surface area contributed by atoms with Crippen LogP contribution in [0.2, 0.25) is 5.02 Å². The second kappa shape index (κ2) is 14.3. The quantitative estimate of drug-likeness (QED) is 0.295. The van der Waals surface area contributed by atoms with E-state index in [2.05, 4.69) is 20.5 Å². The smallest absolute Gasteiger partial charge is 0.191 e. The molecule has 0 aliphatic carbocycles. The van der Waals surface area contributed by atoms with E-state index in [9.17, 15) is 0 Å². The highest BCUT2D eigenvalue weighted by Gasteiger charge is 2.19. The summed E-state index contributed by atoms with van der Waals surface area (Å²) in [6.45, 7) is 7.80. The predicted octanol–water partition coefficient (Wildman–Crippen LogP) is 3.25. The Morgan fingerprint density at radius 2 is 1.93 bits per heavy atom. The number of benzene rings is 1. The number of hydrogen-bond donors (Lipinski definition) is 2. The van der Waals surface area contributed by atoms with Crippen molar-refractivity contribution in [3.05, 3.63) is 29.3 Å². The van der Waals surface area contributed by atoms with Crippen molar-refractivity contribution in [2.75, 3.05) is 53.5 Å². The number of guanidine groups is 1. The Bertz CT molecular complexity index is 566. The number of methoxy groups -OCH3 is 1. The van der Waals surface area contributed by atoms with Gasteiger partial charge >= 0.3 is 0 Å². The molecule has 1 aliphatic rings. The van der Waals surface area contributed by atoms with Gasteiger partial charge in [0.25, 0.3) is 0 Å². The van der Waals surface area contributed by atoms with Crippen molar-refractivity contribution in [3.63, 3.8) is 0 Å². The van der Waals surface area contributed by atoms with E-state index < -0.39 is 0 Å². The van der Waals surface area contributed by atoms with Gasteiger partial charge in [0, 0.05) is 32.3 Å². The Morgan fingerprint density at radius 3 is 2.54 bits per heavy atom. The van der Waals surface area contributed by atoms with E-state index in [0.29, 0.717) is 17.5 Å². The number of nitrogens with one attached hydrogen (secondary N) is 2. The number of likely N-dealkylation sites (tertiary alicyclic amines) is 1. The maximum atomic E-state index is 5.90. The van der Waals surface area contributed by atoms with Crippen LogP contribution in [0.1, 0.15) is 19.8 Å². The third-order valence-electron chi connectivity index (χ3n) is 4.81. The summed E-state index contributed by atoms with van der Waals surface area (Å²) in [5, 5.41) is 7.49. The molecule has 2 rings (SSSR count). The third kappa shape index (κ3) is 9.62. The van der Waals surface area contributed by atoms with Gasteiger partial charge < -0.3 is 25.0 Å². The monoisotopic (exact) mass is 524 g/mol. The summed E-state index contributed by atoms with van der Waals surface area (Å²) in [6, 6.07) is 7.42. The molecular weight excluding hydrogens is 491 g/mol. The first kappa shape index (κ1) is 25.3. The van der Waals surface area contributed by atoms with Crippen LogP contribution in [0.5, 0.6) is 5.75 Å². The lowest BCUT2D eigenvalue weighted by molar-refractivity contribution is 0.121. The Morgan fingerprint density at radius 1 is 1.25 bits per heavy atom. The maximum absolute atomic E-state index is 5.90. The van der Waals surface area contributed by atoms with Crippen molar-refractivity contribution in [3.8, 4) is 5.75 Å². The summed E-state index contributed by atoms with van der Waals surface area (Å²) in [6.07, 6.45) is 2.45. The van der Waals surface area contributed by atoms with Gasteiger partial charge in [-0.15, -0.1) is 24.0 Å². The van der Waals surface area contributed by atoms with Crippen LogP contribution in [-0.2, 0) is 4.74 Å². The first-order valence-electron chi connectivity index (χ1n) is 9.68. The summed E-state index contributed by atoms with van der Waals surface area (Å²) < 4.78 is 11.0. The van der Waals surface area contributed by atoms with Crippen LogP contribution >= 0.6 is 35.6 Å². The number of piperidine rings is 1. The van der Waals surface area contributed by atoms with Crippen molar-refractivity contribution in [1.29, 1.82) is 0 Å². The average molecular weight is 525 g/mol. The number of rotatable bonds is 9. The Kier molecular flexibility index (Phi) is 12.9. The SMILES string of the molecule is CN=C(NCC1CCN(CCOC)CC1)NCC(C)Oc1ccc(Cl)cc1.I. The molecule has 1 aromatic carbocycles. The molecule has 2 N–H and O–H groups in total. The standard InChI is InChI=1S/C20H33ClN4O2.HI/c1-16(27-19-6-4-18(21)5-7-19)14-23-20(22-2)24-15-17-8-10-25(11-9-17)12-13-26-3;/h4-7,16-17H,8-15H2,1-3H3,(H2,22,23,24);1H. The summed E-state index contributed by atoms with van der Waals surface area (Å²) in [5.74, 6) is 2.32. The zero-order valence-corrected chi connectivity index (χ0v) is 20.2. The van der Waals surface area contributed by atoms with E-state index in [-0.39, 0.29) is 30.1 Å². The van der Waals surface area contributed by atoms with Crippen LogP contribution in [0.25, 0.3) is 0 Å². The fourth-order valence-electron chi connectivity index (χ4n) is 3.12. The number of halogens is 2. The van der Waals surface area contributed by atoms with E-state index >= 15 is 0 Å². The molecule has 8 heteroatoms. The van der Waals surface area contributed by atoms with Crippen LogP contribution in [0.4, 0.5) is 0 Å². The van der Waals surface area contributed by atoms with E-state index in [0.717, 1.165) is 44.5 Å². The van der Waals surface area contributed by atoms with Gasteiger partial charge in [-0.25, -0.2) is 0 Å². The Hall–Kier alpha value is -0.770. The lowest BCUT2D eigenvalue weighted by Crippen LogP contribution is -2.45. The number of hydrogen-bond acceptors (Lipinski definition) is 4. The lowest BCUT2D eigenvalue weighted by atomic mass is 9.97. The molecular formula is C20H34ClIN4O2. The zero-order valence-electron chi connectivity index (χ0n) is 17.1. The molecule has 1 unspecified atom stereocenters. The summed E-state index contributed by atoms with van der Waals surface area (Å²) in [7, 11) is 3.56. The number of nitrogens with zero attached hydrogens (tertiary/aromatic N) is 2. The molecule has 28 heavy (non-hydrogen) atoms. The predicted molar refractivity (Wildman–Crippen MR) is 127 cm³/mol. The van der Waals surface area contributed by atoms with E-state index in [1.54, 1.807) is 14.2 Å². The second-order valence-corrected chi connectivity index (χ2v) is 7.43. The molecule has 0 saturated carbocycles. The molecule has 6 nitrogen and oxygen atoms in total. The molecule has 0 spiro atoms. The summed E-state index contributed by atoms with van der Waals surface area (Å²) in [5.41, 5.74) is 0. The minimum atomic E-state index is 0. The highest BCUT2D eigenvalue weighted by Crippen LogP contribution is 2.17. The van der Waals surface area contributed by atoms with E-state index in [1.807, 2.05) is 31.2 Å². The van der Waals surface area contributed by atoms with E-state index in [4.69, 9.17) is 21.1 Å².